The van der Waals surface area contributed by atoms with Crippen molar-refractivity contribution >= 4 is 17.5 Å². The Bertz CT molecular complexity index is 923. The van der Waals surface area contributed by atoms with Gasteiger partial charge in [0.25, 0.3) is 0 Å². The Balaban J connectivity index is 1.76. The third-order valence-electron chi connectivity index (χ3n) is 4.05. The van der Waals surface area contributed by atoms with E-state index < -0.39 is 0 Å². The van der Waals surface area contributed by atoms with E-state index in [0.717, 1.165) is 22.8 Å². The molecule has 1 aliphatic heterocycles. The number of aryl methyl sites for hydroxylation is 1. The lowest BCUT2D eigenvalue weighted by Crippen LogP contribution is -2.30. The number of imidazole rings is 1. The number of fused-ring (bicyclic) bond motifs is 1. The number of nitrogens with zero attached hydrogens (tertiary/aromatic N) is 5. The summed E-state index contributed by atoms with van der Waals surface area (Å²) < 4.78 is 13.1. The van der Waals surface area contributed by atoms with Crippen LogP contribution in [0.3, 0.4) is 0 Å². The van der Waals surface area contributed by atoms with Crippen molar-refractivity contribution in [3.63, 3.8) is 0 Å². The zero-order chi connectivity index (χ0) is 17.4. The number of nitrogens with two attached hydrogens (primary N) is 1. The van der Waals surface area contributed by atoms with Crippen molar-refractivity contribution in [2.75, 3.05) is 30.9 Å². The van der Waals surface area contributed by atoms with Gasteiger partial charge in [-0.3, -0.25) is 0 Å². The van der Waals surface area contributed by atoms with Crippen LogP contribution in [-0.4, -0.2) is 39.8 Å². The van der Waals surface area contributed by atoms with Gasteiger partial charge in [-0.25, -0.2) is 9.97 Å². The average molecular weight is 338 g/mol. The normalized spacial score (nSPS) is 13.3. The van der Waals surface area contributed by atoms with Crippen molar-refractivity contribution in [1.29, 1.82) is 0 Å². The van der Waals surface area contributed by atoms with E-state index in [0.29, 0.717) is 24.7 Å². The molecule has 128 valence electrons. The molecule has 0 unspecified atom stereocenters. The van der Waals surface area contributed by atoms with Crippen molar-refractivity contribution in [3.05, 3.63) is 42.6 Å². The van der Waals surface area contributed by atoms with Gasteiger partial charge in [0.05, 0.1) is 37.6 Å². The van der Waals surface area contributed by atoms with Gasteiger partial charge >= 0.3 is 0 Å². The number of aromatic nitrogens is 4. The Morgan fingerprint density at radius 3 is 2.92 bits per heavy atom. The standard InChI is InChI=1S/C17H18N6O2/c1-11-9-22(10-20-11)13-4-3-12(7-14(13)24-2)23-5-6-25-15-8-19-17(18)21-16(15)23/h3-4,7-10H,5-6H2,1-2H3,(H2,18,19,21). The molecular formula is C17H18N6O2. The summed E-state index contributed by atoms with van der Waals surface area (Å²) in [6.45, 7) is 3.16. The highest BCUT2D eigenvalue weighted by atomic mass is 16.5. The van der Waals surface area contributed by atoms with Crippen LogP contribution in [-0.2, 0) is 0 Å². The van der Waals surface area contributed by atoms with Gasteiger partial charge < -0.3 is 24.7 Å². The third kappa shape index (κ3) is 2.71. The van der Waals surface area contributed by atoms with Crippen molar-refractivity contribution in [3.8, 4) is 17.2 Å². The van der Waals surface area contributed by atoms with Gasteiger partial charge in [-0.15, -0.1) is 0 Å². The Kier molecular flexibility index (Phi) is 3.64. The van der Waals surface area contributed by atoms with Crippen molar-refractivity contribution in [1.82, 2.24) is 19.5 Å². The van der Waals surface area contributed by atoms with Gasteiger partial charge in [0.15, 0.2) is 11.6 Å². The SMILES string of the molecule is COc1cc(N2CCOc3cnc(N)nc32)ccc1-n1cnc(C)c1. The summed E-state index contributed by atoms with van der Waals surface area (Å²) in [5, 5.41) is 0. The Morgan fingerprint density at radius 2 is 2.16 bits per heavy atom. The fourth-order valence-electron chi connectivity index (χ4n) is 2.87. The molecule has 0 spiro atoms. The molecule has 0 bridgehead atoms. The van der Waals surface area contributed by atoms with E-state index in [9.17, 15) is 0 Å². The minimum Gasteiger partial charge on any atom is -0.494 e. The van der Waals surface area contributed by atoms with Gasteiger partial charge in [-0.2, -0.15) is 4.98 Å². The number of hydrogen-bond acceptors (Lipinski definition) is 7. The topological polar surface area (TPSA) is 91.3 Å². The van der Waals surface area contributed by atoms with Crippen LogP contribution in [0.25, 0.3) is 5.69 Å². The first-order valence-electron chi connectivity index (χ1n) is 7.87. The number of benzene rings is 1. The van der Waals surface area contributed by atoms with E-state index in [1.165, 1.54) is 0 Å². The first-order valence-corrected chi connectivity index (χ1v) is 7.87. The van der Waals surface area contributed by atoms with E-state index in [1.807, 2.05) is 40.8 Å². The molecule has 1 aliphatic rings. The zero-order valence-electron chi connectivity index (χ0n) is 14.0. The fraction of sp³-hybridized carbons (Fsp3) is 0.235. The van der Waals surface area contributed by atoms with E-state index in [1.54, 1.807) is 19.6 Å². The highest BCUT2D eigenvalue weighted by molar-refractivity contribution is 5.70. The first kappa shape index (κ1) is 15.3. The third-order valence-corrected chi connectivity index (χ3v) is 4.05. The molecule has 8 nitrogen and oxygen atoms in total. The molecule has 4 rings (SSSR count). The molecule has 0 fully saturated rings. The Morgan fingerprint density at radius 1 is 1.28 bits per heavy atom. The Hall–Kier alpha value is -3.29. The maximum Gasteiger partial charge on any atom is 0.222 e. The Labute approximate surface area is 144 Å². The molecule has 1 aromatic carbocycles. The molecule has 2 N–H and O–H groups in total. The number of anilines is 3. The quantitative estimate of drug-likeness (QED) is 0.782. The van der Waals surface area contributed by atoms with Crippen LogP contribution in [0.4, 0.5) is 17.5 Å². The summed E-state index contributed by atoms with van der Waals surface area (Å²) in [4.78, 5) is 14.6. The maximum atomic E-state index is 5.74. The molecule has 3 heterocycles. The lowest BCUT2D eigenvalue weighted by molar-refractivity contribution is 0.310. The lowest BCUT2D eigenvalue weighted by atomic mass is 10.2. The highest BCUT2D eigenvalue weighted by Gasteiger charge is 2.23. The molecule has 0 radical (unpaired) electrons. The summed E-state index contributed by atoms with van der Waals surface area (Å²) in [6.07, 6.45) is 5.32. The molecule has 3 aromatic rings. The highest BCUT2D eigenvalue weighted by Crippen LogP contribution is 2.37. The molecule has 0 saturated carbocycles. The summed E-state index contributed by atoms with van der Waals surface area (Å²) >= 11 is 0. The molecule has 0 saturated heterocycles. The second kappa shape index (κ2) is 5.97. The van der Waals surface area contributed by atoms with Crippen LogP contribution in [0, 0.1) is 6.92 Å². The minimum absolute atomic E-state index is 0.215. The molecule has 0 amide bonds. The van der Waals surface area contributed by atoms with Crippen molar-refractivity contribution < 1.29 is 9.47 Å². The van der Waals surface area contributed by atoms with Crippen molar-refractivity contribution in [2.24, 2.45) is 0 Å². The number of rotatable bonds is 3. The molecule has 0 aliphatic carbocycles. The smallest absolute Gasteiger partial charge is 0.222 e. The number of hydrogen-bond donors (Lipinski definition) is 1. The van der Waals surface area contributed by atoms with Gasteiger partial charge in [-0.1, -0.05) is 0 Å². The molecule has 25 heavy (non-hydrogen) atoms. The minimum atomic E-state index is 0.215. The number of nitrogen functional groups attached to an aromatic ring is 1. The average Bonchev–Trinajstić information content (AvgIpc) is 3.06. The summed E-state index contributed by atoms with van der Waals surface area (Å²) in [7, 11) is 1.65. The predicted octanol–water partition coefficient (Wildman–Crippen LogP) is 2.09. The summed E-state index contributed by atoms with van der Waals surface area (Å²) in [5.41, 5.74) is 8.55. The van der Waals surface area contributed by atoms with Crippen LogP contribution >= 0.6 is 0 Å². The zero-order valence-corrected chi connectivity index (χ0v) is 14.0. The largest absolute Gasteiger partial charge is 0.494 e. The van der Waals surface area contributed by atoms with E-state index >= 15 is 0 Å². The van der Waals surface area contributed by atoms with Crippen molar-refractivity contribution in [2.45, 2.75) is 6.92 Å². The molecule has 8 heteroatoms. The summed E-state index contributed by atoms with van der Waals surface area (Å²) in [5.74, 6) is 2.23. The maximum absolute atomic E-state index is 5.74. The van der Waals surface area contributed by atoms with Crippen LogP contribution in [0.5, 0.6) is 11.5 Å². The molecule has 0 atom stereocenters. The van der Waals surface area contributed by atoms with Crippen LogP contribution in [0.2, 0.25) is 0 Å². The fourth-order valence-corrected chi connectivity index (χ4v) is 2.87. The van der Waals surface area contributed by atoms with Gasteiger partial charge in [0.2, 0.25) is 5.95 Å². The van der Waals surface area contributed by atoms with Gasteiger partial charge in [0.1, 0.15) is 12.4 Å². The van der Waals surface area contributed by atoms with E-state index in [2.05, 4.69) is 15.0 Å². The number of ether oxygens (including phenoxy) is 2. The van der Waals surface area contributed by atoms with Gasteiger partial charge in [0, 0.05) is 18.0 Å². The van der Waals surface area contributed by atoms with Gasteiger partial charge in [-0.05, 0) is 19.1 Å². The molecular weight excluding hydrogens is 320 g/mol. The predicted molar refractivity (Wildman–Crippen MR) is 93.8 cm³/mol. The molecule has 2 aromatic heterocycles. The first-order chi connectivity index (χ1) is 12.2. The van der Waals surface area contributed by atoms with Crippen LogP contribution in [0.15, 0.2) is 36.9 Å². The second-order valence-corrected chi connectivity index (χ2v) is 5.69. The number of methoxy groups -OCH3 is 1. The lowest BCUT2D eigenvalue weighted by Gasteiger charge is -2.30. The second-order valence-electron chi connectivity index (χ2n) is 5.69. The van der Waals surface area contributed by atoms with E-state index in [-0.39, 0.29) is 5.95 Å². The van der Waals surface area contributed by atoms with E-state index in [4.69, 9.17) is 15.2 Å². The summed E-state index contributed by atoms with van der Waals surface area (Å²) in [6, 6.07) is 5.98. The van der Waals surface area contributed by atoms with Crippen LogP contribution in [0.1, 0.15) is 5.69 Å². The monoisotopic (exact) mass is 338 g/mol. The van der Waals surface area contributed by atoms with Crippen LogP contribution < -0.4 is 20.1 Å².